The minimum atomic E-state index is -0.273. The van der Waals surface area contributed by atoms with Crippen molar-refractivity contribution in [3.8, 4) is 11.5 Å². The van der Waals surface area contributed by atoms with E-state index in [1.54, 1.807) is 25.3 Å². The lowest BCUT2D eigenvalue weighted by molar-refractivity contribution is 0.279. The topological polar surface area (TPSA) is 30.5 Å². The van der Waals surface area contributed by atoms with Crippen molar-refractivity contribution in [2.45, 2.75) is 27.0 Å². The fourth-order valence-electron chi connectivity index (χ4n) is 2.25. The van der Waals surface area contributed by atoms with Crippen LogP contribution in [0, 0.1) is 11.7 Å². The molecule has 3 nitrogen and oxygen atoms in total. The molecule has 2 aromatic carbocycles. The molecule has 0 aliphatic carbocycles. The summed E-state index contributed by atoms with van der Waals surface area (Å²) in [6.07, 6.45) is 0. The Morgan fingerprint density at radius 1 is 1.12 bits per heavy atom. The fraction of sp³-hybridized carbons (Fsp3) is 0.368. The first kappa shape index (κ1) is 18.7. The van der Waals surface area contributed by atoms with Gasteiger partial charge in [-0.15, -0.1) is 0 Å². The van der Waals surface area contributed by atoms with Crippen molar-refractivity contribution in [3.63, 3.8) is 0 Å². The van der Waals surface area contributed by atoms with Crippen LogP contribution in [0.4, 0.5) is 4.39 Å². The van der Waals surface area contributed by atoms with Crippen molar-refractivity contribution < 1.29 is 13.9 Å². The maximum atomic E-state index is 13.7. The summed E-state index contributed by atoms with van der Waals surface area (Å²) in [7, 11) is 1.60. The molecule has 24 heavy (non-hydrogen) atoms. The molecule has 2 rings (SSSR count). The summed E-state index contributed by atoms with van der Waals surface area (Å²) in [4.78, 5) is 0. The van der Waals surface area contributed by atoms with Gasteiger partial charge >= 0.3 is 0 Å². The summed E-state index contributed by atoms with van der Waals surface area (Å²) in [6.45, 7) is 6.17. The van der Waals surface area contributed by atoms with Gasteiger partial charge in [-0.25, -0.2) is 4.39 Å². The van der Waals surface area contributed by atoms with Crippen LogP contribution in [0.25, 0.3) is 0 Å². The molecule has 0 spiro atoms. The maximum Gasteiger partial charge on any atom is 0.162 e. The van der Waals surface area contributed by atoms with E-state index in [4.69, 9.17) is 9.47 Å². The van der Waals surface area contributed by atoms with Gasteiger partial charge in [0.2, 0.25) is 0 Å². The van der Waals surface area contributed by atoms with Gasteiger partial charge in [0.15, 0.2) is 11.5 Å². The Kier molecular flexibility index (Phi) is 7.06. The molecule has 2 aromatic rings. The second kappa shape index (κ2) is 9.04. The highest BCUT2D eigenvalue weighted by Gasteiger charge is 2.11. The molecule has 1 N–H and O–H groups in total. The third-order valence-electron chi connectivity index (χ3n) is 3.54. The number of hydrogen-bond acceptors (Lipinski definition) is 3. The van der Waals surface area contributed by atoms with E-state index in [1.165, 1.54) is 6.07 Å². The predicted octanol–water partition coefficient (Wildman–Crippen LogP) is 4.92. The number of methoxy groups -OCH3 is 1. The summed E-state index contributed by atoms with van der Waals surface area (Å²) >= 11 is 3.57. The molecular formula is C19H23BrFNO2. The van der Waals surface area contributed by atoms with Crippen LogP contribution >= 0.6 is 15.9 Å². The largest absolute Gasteiger partial charge is 0.493 e. The van der Waals surface area contributed by atoms with Gasteiger partial charge in [-0.2, -0.15) is 0 Å². The van der Waals surface area contributed by atoms with Crippen LogP contribution in [-0.4, -0.2) is 13.7 Å². The quantitative estimate of drug-likeness (QED) is 0.687. The molecule has 0 aliphatic rings. The van der Waals surface area contributed by atoms with Crippen LogP contribution < -0.4 is 14.8 Å². The van der Waals surface area contributed by atoms with E-state index in [1.807, 2.05) is 12.1 Å². The highest BCUT2D eigenvalue weighted by molar-refractivity contribution is 9.10. The van der Waals surface area contributed by atoms with Crippen molar-refractivity contribution in [1.82, 2.24) is 5.32 Å². The van der Waals surface area contributed by atoms with E-state index >= 15 is 0 Å². The predicted molar refractivity (Wildman–Crippen MR) is 98.0 cm³/mol. The van der Waals surface area contributed by atoms with Crippen LogP contribution in [0.2, 0.25) is 0 Å². The Labute approximate surface area is 151 Å². The Balaban J connectivity index is 2.10. The van der Waals surface area contributed by atoms with E-state index in [0.29, 0.717) is 23.0 Å². The smallest absolute Gasteiger partial charge is 0.162 e. The van der Waals surface area contributed by atoms with Gasteiger partial charge in [0.05, 0.1) is 7.11 Å². The SMILES string of the molecule is COc1cc(CNCC(C)C)c(Br)cc1OCc1ccccc1F. The van der Waals surface area contributed by atoms with Crippen LogP contribution in [0.1, 0.15) is 25.0 Å². The lowest BCUT2D eigenvalue weighted by atomic mass is 10.1. The first-order chi connectivity index (χ1) is 11.5. The molecule has 0 heterocycles. The lowest BCUT2D eigenvalue weighted by Gasteiger charge is -2.15. The van der Waals surface area contributed by atoms with E-state index in [0.717, 1.165) is 23.1 Å². The van der Waals surface area contributed by atoms with Crippen LogP contribution in [0.3, 0.4) is 0 Å². The van der Waals surface area contributed by atoms with Crippen LogP contribution in [0.15, 0.2) is 40.9 Å². The van der Waals surface area contributed by atoms with Gasteiger partial charge < -0.3 is 14.8 Å². The van der Waals surface area contributed by atoms with Crippen molar-refractivity contribution in [2.75, 3.05) is 13.7 Å². The molecule has 0 radical (unpaired) electrons. The summed E-state index contributed by atoms with van der Waals surface area (Å²) in [6, 6.07) is 10.4. The average molecular weight is 396 g/mol. The standard InChI is InChI=1S/C19H23BrFNO2/c1-13(2)10-22-11-15-8-18(23-3)19(9-16(15)20)24-12-14-6-4-5-7-17(14)21/h4-9,13,22H,10-12H2,1-3H3. The Morgan fingerprint density at radius 2 is 1.88 bits per heavy atom. The Hall–Kier alpha value is -1.59. The second-order valence-corrected chi connectivity index (χ2v) is 6.85. The maximum absolute atomic E-state index is 13.7. The molecular weight excluding hydrogens is 373 g/mol. The molecule has 0 saturated heterocycles. The third kappa shape index (κ3) is 5.21. The van der Waals surface area contributed by atoms with Crippen molar-refractivity contribution >= 4 is 15.9 Å². The second-order valence-electron chi connectivity index (χ2n) is 6.00. The monoisotopic (exact) mass is 395 g/mol. The zero-order valence-corrected chi connectivity index (χ0v) is 15.8. The highest BCUT2D eigenvalue weighted by atomic mass is 79.9. The van der Waals surface area contributed by atoms with Crippen molar-refractivity contribution in [2.24, 2.45) is 5.92 Å². The van der Waals surface area contributed by atoms with Crippen molar-refractivity contribution in [1.29, 1.82) is 0 Å². The summed E-state index contributed by atoms with van der Waals surface area (Å²) < 4.78 is 25.8. The van der Waals surface area contributed by atoms with E-state index < -0.39 is 0 Å². The number of benzene rings is 2. The van der Waals surface area contributed by atoms with Gasteiger partial charge in [0.25, 0.3) is 0 Å². The average Bonchev–Trinajstić information content (AvgIpc) is 2.55. The molecule has 0 amide bonds. The molecule has 0 aromatic heterocycles. The molecule has 0 fully saturated rings. The van der Waals surface area contributed by atoms with Gasteiger partial charge in [0, 0.05) is 16.6 Å². The Morgan fingerprint density at radius 3 is 2.54 bits per heavy atom. The number of rotatable bonds is 8. The van der Waals surface area contributed by atoms with E-state index in [-0.39, 0.29) is 12.4 Å². The first-order valence-corrected chi connectivity index (χ1v) is 8.74. The van der Waals surface area contributed by atoms with Gasteiger partial charge in [-0.05, 0) is 36.2 Å². The molecule has 0 bridgehead atoms. The molecule has 5 heteroatoms. The number of ether oxygens (including phenoxy) is 2. The summed E-state index contributed by atoms with van der Waals surface area (Å²) in [5, 5.41) is 3.40. The van der Waals surface area contributed by atoms with E-state index in [2.05, 4.69) is 35.1 Å². The molecule has 0 saturated carbocycles. The normalized spacial score (nSPS) is 10.9. The zero-order chi connectivity index (χ0) is 17.5. The number of nitrogens with one attached hydrogen (secondary N) is 1. The molecule has 0 atom stereocenters. The van der Waals surface area contributed by atoms with Crippen molar-refractivity contribution in [3.05, 3.63) is 57.8 Å². The molecule has 0 unspecified atom stereocenters. The zero-order valence-electron chi connectivity index (χ0n) is 14.2. The van der Waals surface area contributed by atoms with Gasteiger partial charge in [-0.3, -0.25) is 0 Å². The molecule has 130 valence electrons. The minimum Gasteiger partial charge on any atom is -0.493 e. The van der Waals surface area contributed by atoms with Gasteiger partial charge in [0.1, 0.15) is 12.4 Å². The van der Waals surface area contributed by atoms with Crippen LogP contribution in [-0.2, 0) is 13.2 Å². The lowest BCUT2D eigenvalue weighted by Crippen LogP contribution is -2.19. The fourth-order valence-corrected chi connectivity index (χ4v) is 2.71. The number of hydrogen-bond donors (Lipinski definition) is 1. The molecule has 0 aliphatic heterocycles. The summed E-state index contributed by atoms with van der Waals surface area (Å²) in [5.41, 5.74) is 1.60. The van der Waals surface area contributed by atoms with Gasteiger partial charge in [-0.1, -0.05) is 48.0 Å². The number of halogens is 2. The Bertz CT molecular complexity index is 676. The highest BCUT2D eigenvalue weighted by Crippen LogP contribution is 2.34. The third-order valence-corrected chi connectivity index (χ3v) is 4.28. The minimum absolute atomic E-state index is 0.153. The van der Waals surface area contributed by atoms with E-state index in [9.17, 15) is 4.39 Å². The summed E-state index contributed by atoms with van der Waals surface area (Å²) in [5.74, 6) is 1.54. The first-order valence-electron chi connectivity index (χ1n) is 7.94. The van der Waals surface area contributed by atoms with Crippen LogP contribution in [0.5, 0.6) is 11.5 Å².